The van der Waals surface area contributed by atoms with Gasteiger partial charge in [-0.05, 0) is 0 Å². The summed E-state index contributed by atoms with van der Waals surface area (Å²) in [4.78, 5) is 32.7. The quantitative estimate of drug-likeness (QED) is 0.578. The van der Waals surface area contributed by atoms with Crippen LogP contribution in [0.1, 0.15) is 6.92 Å². The average molecular weight is 260 g/mol. The molecule has 0 aromatic carbocycles. The summed E-state index contributed by atoms with van der Waals surface area (Å²) in [5.74, 6) is -1.48. The van der Waals surface area contributed by atoms with Crippen molar-refractivity contribution in [2.24, 2.45) is 5.92 Å². The lowest BCUT2D eigenvalue weighted by Crippen LogP contribution is -2.40. The third-order valence-electron chi connectivity index (χ3n) is 1.68. The average Bonchev–Trinajstić information content (AvgIpc) is 2.25. The van der Waals surface area contributed by atoms with E-state index in [-0.39, 0.29) is 12.3 Å². The number of imide groups is 1. The van der Waals surface area contributed by atoms with Gasteiger partial charge in [-0.15, -0.1) is 6.58 Å². The first kappa shape index (κ1) is 15.5. The minimum absolute atomic E-state index is 0.0547. The Kier molecular flexibility index (Phi) is 7.87. The van der Waals surface area contributed by atoms with Crippen LogP contribution in [-0.4, -0.2) is 41.1 Å². The Morgan fingerprint density at radius 3 is 2.65 bits per heavy atom. The van der Waals surface area contributed by atoms with Crippen LogP contribution in [0.2, 0.25) is 0 Å². The number of carboxylic acid groups (broad SMARTS) is 1. The Labute approximate surface area is 104 Å². The van der Waals surface area contributed by atoms with Crippen LogP contribution in [0.4, 0.5) is 4.79 Å². The number of carbonyl (C=O) groups excluding carboxylic acids is 2. The van der Waals surface area contributed by atoms with Gasteiger partial charge in [-0.2, -0.15) is 11.8 Å². The fourth-order valence-corrected chi connectivity index (χ4v) is 1.64. The molecule has 0 heterocycles. The van der Waals surface area contributed by atoms with Crippen molar-refractivity contribution in [2.75, 3.05) is 18.1 Å². The van der Waals surface area contributed by atoms with Crippen molar-refractivity contribution in [3.8, 4) is 0 Å². The molecule has 17 heavy (non-hydrogen) atoms. The van der Waals surface area contributed by atoms with Crippen molar-refractivity contribution in [3.63, 3.8) is 0 Å². The lowest BCUT2D eigenvalue weighted by Gasteiger charge is -2.06. The Hall–Kier alpha value is -1.50. The molecule has 0 radical (unpaired) electrons. The van der Waals surface area contributed by atoms with Gasteiger partial charge in [-0.3, -0.25) is 14.9 Å². The molecule has 3 N–H and O–H groups in total. The van der Waals surface area contributed by atoms with E-state index in [2.05, 4.69) is 17.2 Å². The topological polar surface area (TPSA) is 95.5 Å². The molecule has 0 saturated heterocycles. The van der Waals surface area contributed by atoms with Crippen molar-refractivity contribution < 1.29 is 19.5 Å². The second kappa shape index (κ2) is 8.63. The molecule has 96 valence electrons. The van der Waals surface area contributed by atoms with E-state index in [1.807, 2.05) is 0 Å². The Morgan fingerprint density at radius 2 is 2.12 bits per heavy atom. The number of thioether (sulfide) groups is 1. The maximum Gasteiger partial charge on any atom is 0.321 e. The maximum atomic E-state index is 11.2. The van der Waals surface area contributed by atoms with Gasteiger partial charge in [-0.25, -0.2) is 4.79 Å². The van der Waals surface area contributed by atoms with Gasteiger partial charge in [0.25, 0.3) is 0 Å². The van der Waals surface area contributed by atoms with E-state index < -0.39 is 23.8 Å². The van der Waals surface area contributed by atoms with Crippen LogP contribution in [0, 0.1) is 5.92 Å². The van der Waals surface area contributed by atoms with Gasteiger partial charge in [0.05, 0.1) is 11.7 Å². The van der Waals surface area contributed by atoms with E-state index >= 15 is 0 Å². The van der Waals surface area contributed by atoms with Crippen LogP contribution in [0.5, 0.6) is 0 Å². The molecule has 7 heteroatoms. The van der Waals surface area contributed by atoms with Crippen molar-refractivity contribution in [1.29, 1.82) is 0 Å². The van der Waals surface area contributed by atoms with E-state index in [0.29, 0.717) is 5.75 Å². The number of carboxylic acids is 1. The van der Waals surface area contributed by atoms with Gasteiger partial charge >= 0.3 is 12.0 Å². The van der Waals surface area contributed by atoms with Crippen LogP contribution in [0.3, 0.4) is 0 Å². The molecule has 0 aromatic rings. The summed E-state index contributed by atoms with van der Waals surface area (Å²) in [5.41, 5.74) is 0. The summed E-state index contributed by atoms with van der Waals surface area (Å²) in [5, 5.41) is 13.1. The van der Waals surface area contributed by atoms with Gasteiger partial charge in [-0.1, -0.05) is 13.0 Å². The number of hydrogen-bond acceptors (Lipinski definition) is 4. The molecule has 0 aliphatic carbocycles. The normalized spacial score (nSPS) is 11.4. The summed E-state index contributed by atoms with van der Waals surface area (Å²) in [6.07, 6.45) is 1.49. The van der Waals surface area contributed by atoms with E-state index in [1.54, 1.807) is 6.92 Å². The third kappa shape index (κ3) is 8.32. The first-order valence-corrected chi connectivity index (χ1v) is 6.12. The van der Waals surface area contributed by atoms with Crippen LogP contribution in [-0.2, 0) is 9.59 Å². The fourth-order valence-electron chi connectivity index (χ4n) is 0.771. The summed E-state index contributed by atoms with van der Waals surface area (Å²) >= 11 is 1.17. The fraction of sp³-hybridized carbons (Fsp3) is 0.500. The maximum absolute atomic E-state index is 11.2. The van der Waals surface area contributed by atoms with Crippen molar-refractivity contribution in [2.45, 2.75) is 6.92 Å². The van der Waals surface area contributed by atoms with E-state index in [1.165, 1.54) is 17.8 Å². The van der Waals surface area contributed by atoms with Crippen molar-refractivity contribution in [3.05, 3.63) is 12.7 Å². The highest BCUT2D eigenvalue weighted by Gasteiger charge is 2.12. The molecule has 0 bridgehead atoms. The highest BCUT2D eigenvalue weighted by Crippen LogP contribution is 2.07. The van der Waals surface area contributed by atoms with Crippen LogP contribution >= 0.6 is 11.8 Å². The van der Waals surface area contributed by atoms with Crippen molar-refractivity contribution >= 4 is 29.7 Å². The number of aliphatic carboxylic acids is 1. The Morgan fingerprint density at radius 1 is 1.47 bits per heavy atom. The second-order valence-corrected chi connectivity index (χ2v) is 4.33. The summed E-state index contributed by atoms with van der Waals surface area (Å²) in [6, 6.07) is -0.582. The van der Waals surface area contributed by atoms with Crippen LogP contribution in [0.15, 0.2) is 12.7 Å². The molecule has 1 unspecified atom stereocenters. The van der Waals surface area contributed by atoms with Gasteiger partial charge < -0.3 is 10.4 Å². The highest BCUT2D eigenvalue weighted by atomic mass is 32.2. The molecular weight excluding hydrogens is 244 g/mol. The lowest BCUT2D eigenvalue weighted by molar-refractivity contribution is -0.140. The predicted molar refractivity (Wildman–Crippen MR) is 65.9 cm³/mol. The number of carbonyl (C=O) groups is 3. The van der Waals surface area contributed by atoms with E-state index in [0.717, 1.165) is 0 Å². The first-order valence-electron chi connectivity index (χ1n) is 4.96. The third-order valence-corrected chi connectivity index (χ3v) is 2.88. The number of hydrogen-bond donors (Lipinski definition) is 3. The monoisotopic (exact) mass is 260 g/mol. The van der Waals surface area contributed by atoms with Gasteiger partial charge in [0.1, 0.15) is 0 Å². The molecule has 1 atom stereocenters. The highest BCUT2D eigenvalue weighted by molar-refractivity contribution is 7.99. The molecule has 3 amide bonds. The molecule has 6 nitrogen and oxygen atoms in total. The minimum atomic E-state index is -0.901. The predicted octanol–water partition coefficient (Wildman–Crippen LogP) is 0.452. The molecule has 0 aliphatic rings. The zero-order valence-electron chi connectivity index (χ0n) is 9.56. The SMILES string of the molecule is C=CCNC(=O)NC(=O)CSCC(C)C(=O)O. The number of nitrogens with one attached hydrogen (secondary N) is 2. The standard InChI is InChI=1S/C10H16N2O4S/c1-3-4-11-10(16)12-8(13)6-17-5-7(2)9(14)15/h3,7H,1,4-6H2,2H3,(H,14,15)(H2,11,12,13,16). The van der Waals surface area contributed by atoms with E-state index in [4.69, 9.17) is 5.11 Å². The zero-order chi connectivity index (χ0) is 13.3. The summed E-state index contributed by atoms with van der Waals surface area (Å²) < 4.78 is 0. The molecular formula is C10H16N2O4S. The smallest absolute Gasteiger partial charge is 0.321 e. The van der Waals surface area contributed by atoms with Crippen LogP contribution in [0.25, 0.3) is 0 Å². The largest absolute Gasteiger partial charge is 0.481 e. The van der Waals surface area contributed by atoms with Crippen LogP contribution < -0.4 is 10.6 Å². The van der Waals surface area contributed by atoms with Crippen molar-refractivity contribution in [1.82, 2.24) is 10.6 Å². The zero-order valence-corrected chi connectivity index (χ0v) is 10.4. The number of urea groups is 1. The molecule has 0 fully saturated rings. The Balaban J connectivity index is 3.69. The molecule has 0 aliphatic heterocycles. The molecule has 0 aromatic heterocycles. The molecule has 0 saturated carbocycles. The number of rotatable bonds is 7. The van der Waals surface area contributed by atoms with Gasteiger partial charge in [0.2, 0.25) is 5.91 Å². The summed E-state index contributed by atoms with van der Waals surface area (Å²) in [6.45, 7) is 5.25. The Bertz CT molecular complexity index is 307. The number of amides is 3. The minimum Gasteiger partial charge on any atom is -0.481 e. The van der Waals surface area contributed by atoms with Gasteiger partial charge in [0.15, 0.2) is 0 Å². The lowest BCUT2D eigenvalue weighted by atomic mass is 10.2. The summed E-state index contributed by atoms with van der Waals surface area (Å²) in [7, 11) is 0. The molecule has 0 spiro atoms. The molecule has 0 rings (SSSR count). The first-order chi connectivity index (χ1) is 7.97. The van der Waals surface area contributed by atoms with Gasteiger partial charge in [0, 0.05) is 12.3 Å². The second-order valence-electron chi connectivity index (χ2n) is 3.30. The van der Waals surface area contributed by atoms with E-state index in [9.17, 15) is 14.4 Å².